The van der Waals surface area contributed by atoms with Crippen molar-refractivity contribution in [3.8, 4) is 5.75 Å². The fourth-order valence-corrected chi connectivity index (χ4v) is 2.01. The number of hydrogen-bond acceptors (Lipinski definition) is 7. The lowest BCUT2D eigenvalue weighted by atomic mass is 10.2. The first-order valence-corrected chi connectivity index (χ1v) is 10.6. The molecule has 0 saturated heterocycles. The van der Waals surface area contributed by atoms with E-state index >= 15 is 0 Å². The largest absolute Gasteiger partial charge is 0.494 e. The molecule has 0 fully saturated rings. The Bertz CT molecular complexity index is 667. The van der Waals surface area contributed by atoms with Gasteiger partial charge in [0, 0.05) is 13.0 Å². The Morgan fingerprint density at radius 2 is 1.48 bits per heavy atom. The standard InChI is InChI=1S/C18H24O5.C6H12O2/c1-4-14(3)23-18(20)15-8-10-16(11-9-15)21-12-6-7-13-22-17(19)5-2;1-4-5(2)8-6(3)7/h5,8-11,14H,2,4,6-7,12-13H2,1,3H3;5H,4H2,1-3H3. The van der Waals surface area contributed by atoms with Crippen molar-refractivity contribution in [3.63, 3.8) is 0 Å². The van der Waals surface area contributed by atoms with E-state index in [-0.39, 0.29) is 24.1 Å². The zero-order valence-corrected chi connectivity index (χ0v) is 19.3. The molecule has 0 aliphatic heterocycles. The van der Waals surface area contributed by atoms with E-state index in [9.17, 15) is 14.4 Å². The van der Waals surface area contributed by atoms with Gasteiger partial charge in [-0.05, 0) is 63.8 Å². The number of benzene rings is 1. The van der Waals surface area contributed by atoms with Crippen LogP contribution in [0.2, 0.25) is 0 Å². The third-order valence-electron chi connectivity index (χ3n) is 4.13. The number of hydrogen-bond donors (Lipinski definition) is 0. The van der Waals surface area contributed by atoms with Crippen LogP contribution in [0.1, 0.15) is 70.7 Å². The minimum absolute atomic E-state index is 0.0764. The van der Waals surface area contributed by atoms with E-state index < -0.39 is 5.97 Å². The van der Waals surface area contributed by atoms with Crippen molar-refractivity contribution in [3.05, 3.63) is 42.5 Å². The van der Waals surface area contributed by atoms with Gasteiger partial charge in [0.15, 0.2) is 0 Å². The molecule has 0 aliphatic carbocycles. The number of carbonyl (C=O) groups is 3. The summed E-state index contributed by atoms with van der Waals surface area (Å²) in [5.74, 6) is -0.242. The van der Waals surface area contributed by atoms with Gasteiger partial charge in [-0.3, -0.25) is 4.79 Å². The second kappa shape index (κ2) is 16.9. The van der Waals surface area contributed by atoms with Gasteiger partial charge in [-0.15, -0.1) is 0 Å². The summed E-state index contributed by atoms with van der Waals surface area (Å²) < 4.78 is 20.4. The van der Waals surface area contributed by atoms with Crippen LogP contribution in [-0.4, -0.2) is 43.3 Å². The van der Waals surface area contributed by atoms with E-state index in [0.29, 0.717) is 24.5 Å². The third-order valence-corrected chi connectivity index (χ3v) is 4.13. The lowest BCUT2D eigenvalue weighted by molar-refractivity contribution is -0.145. The smallest absolute Gasteiger partial charge is 0.338 e. The summed E-state index contributed by atoms with van der Waals surface area (Å²) in [5, 5.41) is 0. The highest BCUT2D eigenvalue weighted by Crippen LogP contribution is 2.14. The average Bonchev–Trinajstić information content (AvgIpc) is 2.75. The Morgan fingerprint density at radius 1 is 0.935 bits per heavy atom. The number of ether oxygens (including phenoxy) is 4. The molecule has 174 valence electrons. The fraction of sp³-hybridized carbons (Fsp3) is 0.542. The molecule has 1 aromatic rings. The first kappa shape index (κ1) is 28.2. The zero-order valence-electron chi connectivity index (χ0n) is 19.3. The molecule has 0 aliphatic rings. The van der Waals surface area contributed by atoms with Gasteiger partial charge in [0.1, 0.15) is 5.75 Å². The normalized spacial score (nSPS) is 11.8. The van der Waals surface area contributed by atoms with Crippen LogP contribution in [0.5, 0.6) is 5.75 Å². The molecule has 0 heterocycles. The quantitative estimate of drug-likeness (QED) is 0.200. The molecule has 0 bridgehead atoms. The van der Waals surface area contributed by atoms with Gasteiger partial charge in [-0.1, -0.05) is 20.4 Å². The molecule has 2 atom stereocenters. The number of unbranched alkanes of at least 4 members (excludes halogenated alkanes) is 1. The molecule has 0 N–H and O–H groups in total. The second-order valence-electron chi connectivity index (χ2n) is 6.90. The number of carbonyl (C=O) groups excluding carboxylic acids is 3. The molecular weight excluding hydrogens is 400 g/mol. The topological polar surface area (TPSA) is 88.1 Å². The highest BCUT2D eigenvalue weighted by atomic mass is 16.5. The van der Waals surface area contributed by atoms with E-state index in [1.165, 1.54) is 6.92 Å². The monoisotopic (exact) mass is 436 g/mol. The summed E-state index contributed by atoms with van der Waals surface area (Å²) in [6.45, 7) is 13.3. The van der Waals surface area contributed by atoms with Crippen molar-refractivity contribution in [2.45, 2.75) is 72.5 Å². The Labute approximate surface area is 185 Å². The zero-order chi connectivity index (χ0) is 23.6. The van der Waals surface area contributed by atoms with Crippen LogP contribution in [0.3, 0.4) is 0 Å². The van der Waals surface area contributed by atoms with E-state index in [2.05, 4.69) is 6.58 Å². The SMILES string of the molecule is C=CC(=O)OCCCCOc1ccc(C(=O)OC(C)CC)cc1.CCC(C)OC(C)=O. The van der Waals surface area contributed by atoms with Crippen molar-refractivity contribution < 1.29 is 33.3 Å². The maximum absolute atomic E-state index is 11.8. The highest BCUT2D eigenvalue weighted by molar-refractivity contribution is 5.89. The van der Waals surface area contributed by atoms with Crippen LogP contribution >= 0.6 is 0 Å². The Morgan fingerprint density at radius 3 is 1.97 bits per heavy atom. The number of rotatable bonds is 12. The molecule has 0 radical (unpaired) electrons. The summed E-state index contributed by atoms with van der Waals surface area (Å²) >= 11 is 0. The van der Waals surface area contributed by atoms with Gasteiger partial charge in [-0.2, -0.15) is 0 Å². The van der Waals surface area contributed by atoms with Gasteiger partial charge in [-0.25, -0.2) is 9.59 Å². The predicted molar refractivity (Wildman–Crippen MR) is 119 cm³/mol. The van der Waals surface area contributed by atoms with E-state index in [1.807, 2.05) is 27.7 Å². The van der Waals surface area contributed by atoms with Crippen LogP contribution < -0.4 is 4.74 Å². The van der Waals surface area contributed by atoms with Gasteiger partial charge in [0.2, 0.25) is 0 Å². The Kier molecular flexibility index (Phi) is 15.4. The average molecular weight is 437 g/mol. The lowest BCUT2D eigenvalue weighted by Gasteiger charge is -2.11. The number of esters is 3. The highest BCUT2D eigenvalue weighted by Gasteiger charge is 2.10. The lowest BCUT2D eigenvalue weighted by Crippen LogP contribution is -2.13. The van der Waals surface area contributed by atoms with Gasteiger partial charge in [0.25, 0.3) is 0 Å². The van der Waals surface area contributed by atoms with Crippen LogP contribution in [0.4, 0.5) is 0 Å². The van der Waals surface area contributed by atoms with Gasteiger partial charge < -0.3 is 18.9 Å². The second-order valence-corrected chi connectivity index (χ2v) is 6.90. The molecule has 0 amide bonds. The third kappa shape index (κ3) is 14.7. The van der Waals surface area contributed by atoms with Crippen molar-refractivity contribution in [1.29, 1.82) is 0 Å². The molecule has 1 aromatic carbocycles. The summed E-state index contributed by atoms with van der Waals surface area (Å²) in [6, 6.07) is 6.85. The molecule has 1 rings (SSSR count). The maximum Gasteiger partial charge on any atom is 0.338 e. The molecule has 0 saturated carbocycles. The van der Waals surface area contributed by atoms with Gasteiger partial charge in [0.05, 0.1) is 31.0 Å². The minimum atomic E-state index is -0.411. The molecule has 7 nitrogen and oxygen atoms in total. The molecule has 2 unspecified atom stereocenters. The molecule has 31 heavy (non-hydrogen) atoms. The van der Waals surface area contributed by atoms with Crippen molar-refractivity contribution in [1.82, 2.24) is 0 Å². The molecule has 0 spiro atoms. The minimum Gasteiger partial charge on any atom is -0.494 e. The van der Waals surface area contributed by atoms with E-state index in [0.717, 1.165) is 31.8 Å². The van der Waals surface area contributed by atoms with E-state index in [1.54, 1.807) is 24.3 Å². The van der Waals surface area contributed by atoms with E-state index in [4.69, 9.17) is 18.9 Å². The van der Waals surface area contributed by atoms with Crippen LogP contribution in [0.25, 0.3) is 0 Å². The van der Waals surface area contributed by atoms with Crippen molar-refractivity contribution in [2.24, 2.45) is 0 Å². The maximum atomic E-state index is 11.8. The predicted octanol–water partition coefficient (Wildman–Crippen LogP) is 4.88. The molecular formula is C24H36O7. The fourth-order valence-electron chi connectivity index (χ4n) is 2.01. The summed E-state index contributed by atoms with van der Waals surface area (Å²) in [4.78, 5) is 32.8. The van der Waals surface area contributed by atoms with Crippen molar-refractivity contribution >= 4 is 17.9 Å². The van der Waals surface area contributed by atoms with Crippen LogP contribution in [0.15, 0.2) is 36.9 Å². The first-order chi connectivity index (χ1) is 14.7. The molecule has 7 heteroatoms. The van der Waals surface area contributed by atoms with Gasteiger partial charge >= 0.3 is 17.9 Å². The molecule has 0 aromatic heterocycles. The van der Waals surface area contributed by atoms with Crippen LogP contribution in [0, 0.1) is 0 Å². The van der Waals surface area contributed by atoms with Crippen LogP contribution in [-0.2, 0) is 23.8 Å². The summed E-state index contributed by atoms with van der Waals surface area (Å²) in [5.41, 5.74) is 0.508. The summed E-state index contributed by atoms with van der Waals surface area (Å²) in [6.07, 6.45) is 4.29. The van der Waals surface area contributed by atoms with Crippen molar-refractivity contribution in [2.75, 3.05) is 13.2 Å². The summed E-state index contributed by atoms with van der Waals surface area (Å²) in [7, 11) is 0. The Balaban J connectivity index is 0.000000954. The first-order valence-electron chi connectivity index (χ1n) is 10.6. The Hall–Kier alpha value is -2.83.